The van der Waals surface area contributed by atoms with E-state index >= 15 is 0 Å². The van der Waals surface area contributed by atoms with Gasteiger partial charge in [-0.15, -0.1) is 0 Å². The molecule has 0 bridgehead atoms. The summed E-state index contributed by atoms with van der Waals surface area (Å²) < 4.78 is 15.7. The predicted molar refractivity (Wildman–Crippen MR) is 47.5 cm³/mol. The maximum absolute atomic E-state index is 11.5. The van der Waals surface area contributed by atoms with E-state index in [0.29, 0.717) is 0 Å². The standard InChI is InChI=1S/C7H11F.C2H6O/c1-3-4-7(2)5-6-8;1-3-2/h3-5H,6H2,1-2H3;1-2H3/b4-3+,7-5+;. The Morgan fingerprint density at radius 1 is 1.45 bits per heavy atom. The van der Waals surface area contributed by atoms with Crippen LogP contribution in [0.5, 0.6) is 0 Å². The normalized spacial score (nSPS) is 11.2. The van der Waals surface area contributed by atoms with Crippen molar-refractivity contribution in [1.82, 2.24) is 0 Å². The Hall–Kier alpha value is -0.630. The van der Waals surface area contributed by atoms with Gasteiger partial charge < -0.3 is 4.74 Å². The van der Waals surface area contributed by atoms with Gasteiger partial charge in [-0.1, -0.05) is 23.8 Å². The second-order valence-corrected chi connectivity index (χ2v) is 2.01. The largest absolute Gasteiger partial charge is 0.388 e. The fourth-order valence-electron chi connectivity index (χ4n) is 0.453. The van der Waals surface area contributed by atoms with Gasteiger partial charge in [0.2, 0.25) is 0 Å². The molecule has 0 unspecified atom stereocenters. The third kappa shape index (κ3) is 17.6. The van der Waals surface area contributed by atoms with Crippen LogP contribution in [0.2, 0.25) is 0 Å². The molecule has 0 radical (unpaired) electrons. The van der Waals surface area contributed by atoms with Crippen molar-refractivity contribution >= 4 is 0 Å². The quantitative estimate of drug-likeness (QED) is 0.564. The number of rotatable bonds is 2. The van der Waals surface area contributed by atoms with Gasteiger partial charge in [0.05, 0.1) is 0 Å². The first-order valence-corrected chi connectivity index (χ1v) is 3.48. The Kier molecular flexibility index (Phi) is 14.3. The summed E-state index contributed by atoms with van der Waals surface area (Å²) in [5.74, 6) is 0. The van der Waals surface area contributed by atoms with Crippen LogP contribution in [0.1, 0.15) is 13.8 Å². The number of hydrogen-bond acceptors (Lipinski definition) is 1. The number of allylic oxidation sites excluding steroid dienone is 4. The molecule has 11 heavy (non-hydrogen) atoms. The molecule has 0 amide bonds. The molecule has 0 aliphatic rings. The summed E-state index contributed by atoms with van der Waals surface area (Å²) in [7, 11) is 3.25. The van der Waals surface area contributed by atoms with Gasteiger partial charge in [-0.3, -0.25) is 0 Å². The van der Waals surface area contributed by atoms with Crippen molar-refractivity contribution < 1.29 is 9.13 Å². The van der Waals surface area contributed by atoms with E-state index in [-0.39, 0.29) is 6.67 Å². The van der Waals surface area contributed by atoms with Crippen molar-refractivity contribution in [3.8, 4) is 0 Å². The lowest BCUT2D eigenvalue weighted by Crippen LogP contribution is -1.68. The Morgan fingerprint density at radius 3 is 2.18 bits per heavy atom. The molecule has 0 saturated heterocycles. The first kappa shape index (κ1) is 13.0. The van der Waals surface area contributed by atoms with E-state index in [4.69, 9.17) is 0 Å². The molecule has 1 nitrogen and oxygen atoms in total. The zero-order chi connectivity index (χ0) is 9.11. The molecule has 0 fully saturated rings. The van der Waals surface area contributed by atoms with Crippen molar-refractivity contribution in [3.63, 3.8) is 0 Å². The monoisotopic (exact) mass is 160 g/mol. The van der Waals surface area contributed by atoms with Crippen molar-refractivity contribution in [2.45, 2.75) is 13.8 Å². The van der Waals surface area contributed by atoms with Gasteiger partial charge in [0, 0.05) is 14.2 Å². The molecule has 0 rings (SSSR count). The molecule has 0 heterocycles. The van der Waals surface area contributed by atoms with Crippen LogP contribution in [0.15, 0.2) is 23.8 Å². The number of methoxy groups -OCH3 is 1. The van der Waals surface area contributed by atoms with Gasteiger partial charge in [-0.05, 0) is 13.8 Å². The summed E-state index contributed by atoms with van der Waals surface area (Å²) in [5.41, 5.74) is 0.981. The minimum atomic E-state index is -0.365. The van der Waals surface area contributed by atoms with Crippen molar-refractivity contribution in [3.05, 3.63) is 23.8 Å². The lowest BCUT2D eigenvalue weighted by atomic mass is 10.3. The second-order valence-electron chi connectivity index (χ2n) is 2.01. The zero-order valence-corrected chi connectivity index (χ0v) is 7.73. The van der Waals surface area contributed by atoms with Crippen LogP contribution in [0, 0.1) is 0 Å². The fourth-order valence-corrected chi connectivity index (χ4v) is 0.453. The van der Waals surface area contributed by atoms with Gasteiger partial charge in [0.25, 0.3) is 0 Å². The molecular formula is C9H17FO. The number of alkyl halides is 1. The predicted octanol–water partition coefficient (Wildman–Crippen LogP) is 2.74. The van der Waals surface area contributed by atoms with Gasteiger partial charge in [0.1, 0.15) is 6.67 Å². The summed E-state index contributed by atoms with van der Waals surface area (Å²) in [4.78, 5) is 0. The van der Waals surface area contributed by atoms with Crippen molar-refractivity contribution in [1.29, 1.82) is 0 Å². The van der Waals surface area contributed by atoms with Crippen molar-refractivity contribution in [2.24, 2.45) is 0 Å². The van der Waals surface area contributed by atoms with Gasteiger partial charge >= 0.3 is 0 Å². The average Bonchev–Trinajstić information content (AvgIpc) is 1.90. The molecule has 0 aromatic carbocycles. The highest BCUT2D eigenvalue weighted by atomic mass is 19.1. The molecule has 2 heteroatoms. The lowest BCUT2D eigenvalue weighted by Gasteiger charge is -1.84. The summed E-state index contributed by atoms with van der Waals surface area (Å²) >= 11 is 0. The highest BCUT2D eigenvalue weighted by Crippen LogP contribution is 1.92. The summed E-state index contributed by atoms with van der Waals surface area (Å²) in [5, 5.41) is 0. The Balaban J connectivity index is 0. The molecule has 0 aliphatic heterocycles. The van der Waals surface area contributed by atoms with Gasteiger partial charge in [-0.2, -0.15) is 0 Å². The Labute approximate surface area is 68.6 Å². The molecule has 0 spiro atoms. The maximum Gasteiger partial charge on any atom is 0.108 e. The zero-order valence-electron chi connectivity index (χ0n) is 7.73. The van der Waals surface area contributed by atoms with Crippen LogP contribution in [-0.4, -0.2) is 20.9 Å². The van der Waals surface area contributed by atoms with Crippen LogP contribution in [-0.2, 0) is 4.74 Å². The van der Waals surface area contributed by atoms with Crippen LogP contribution in [0.3, 0.4) is 0 Å². The first-order chi connectivity index (χ1) is 5.22. The van der Waals surface area contributed by atoms with Crippen LogP contribution >= 0.6 is 0 Å². The van der Waals surface area contributed by atoms with E-state index in [2.05, 4.69) is 4.74 Å². The smallest absolute Gasteiger partial charge is 0.108 e. The summed E-state index contributed by atoms with van der Waals surface area (Å²) in [6.07, 6.45) is 5.31. The topological polar surface area (TPSA) is 9.23 Å². The molecule has 0 N–H and O–H groups in total. The Bertz CT molecular complexity index is 117. The third-order valence-corrected chi connectivity index (χ3v) is 0.829. The maximum atomic E-state index is 11.5. The molecule has 0 atom stereocenters. The lowest BCUT2D eigenvalue weighted by molar-refractivity contribution is 0.277. The van der Waals surface area contributed by atoms with E-state index in [9.17, 15) is 4.39 Å². The molecule has 0 aromatic heterocycles. The highest BCUT2D eigenvalue weighted by Gasteiger charge is 1.75. The minimum Gasteiger partial charge on any atom is -0.388 e. The van der Waals surface area contributed by atoms with Gasteiger partial charge in [-0.25, -0.2) is 4.39 Å². The summed E-state index contributed by atoms with van der Waals surface area (Å²) in [6.45, 7) is 3.42. The molecule has 0 aromatic rings. The molecular weight excluding hydrogens is 143 g/mol. The minimum absolute atomic E-state index is 0.365. The number of ether oxygens (including phenoxy) is 1. The Morgan fingerprint density at radius 2 is 1.91 bits per heavy atom. The second kappa shape index (κ2) is 12.1. The van der Waals surface area contributed by atoms with Crippen LogP contribution in [0.4, 0.5) is 4.39 Å². The van der Waals surface area contributed by atoms with E-state index in [1.165, 1.54) is 0 Å². The van der Waals surface area contributed by atoms with Gasteiger partial charge in [0.15, 0.2) is 0 Å². The third-order valence-electron chi connectivity index (χ3n) is 0.829. The molecule has 0 aliphatic carbocycles. The van der Waals surface area contributed by atoms with Crippen LogP contribution in [0.25, 0.3) is 0 Å². The highest BCUT2D eigenvalue weighted by molar-refractivity contribution is 5.14. The van der Waals surface area contributed by atoms with E-state index in [0.717, 1.165) is 5.57 Å². The van der Waals surface area contributed by atoms with E-state index < -0.39 is 0 Å². The number of halogens is 1. The van der Waals surface area contributed by atoms with Crippen molar-refractivity contribution in [2.75, 3.05) is 20.9 Å². The molecule has 0 saturated carbocycles. The van der Waals surface area contributed by atoms with Crippen LogP contribution < -0.4 is 0 Å². The van der Waals surface area contributed by atoms with E-state index in [1.54, 1.807) is 20.3 Å². The number of hydrogen-bond donors (Lipinski definition) is 0. The molecule has 66 valence electrons. The fraction of sp³-hybridized carbons (Fsp3) is 0.556. The summed E-state index contributed by atoms with van der Waals surface area (Å²) in [6, 6.07) is 0. The average molecular weight is 160 g/mol. The first-order valence-electron chi connectivity index (χ1n) is 3.48. The SMILES string of the molecule is C/C=C/C(C)=C/CF.COC. The van der Waals surface area contributed by atoms with E-state index in [1.807, 2.05) is 26.0 Å².